The second-order valence-corrected chi connectivity index (χ2v) is 8.45. The van der Waals surface area contributed by atoms with Gasteiger partial charge in [-0.05, 0) is 41.0 Å². The van der Waals surface area contributed by atoms with Crippen LogP contribution in [0.5, 0.6) is 0 Å². The van der Waals surface area contributed by atoms with E-state index < -0.39 is 10.0 Å². The predicted molar refractivity (Wildman–Crippen MR) is 115 cm³/mol. The molecule has 0 unspecified atom stereocenters. The fourth-order valence-electron chi connectivity index (χ4n) is 3.29. The van der Waals surface area contributed by atoms with Gasteiger partial charge >= 0.3 is 0 Å². The molecule has 0 saturated carbocycles. The molecule has 30 heavy (non-hydrogen) atoms. The minimum atomic E-state index is -3.70. The topological polar surface area (TPSA) is 118 Å². The molecule has 4 aromatic rings. The van der Waals surface area contributed by atoms with E-state index in [0.29, 0.717) is 24.4 Å². The van der Waals surface area contributed by atoms with Gasteiger partial charge in [-0.1, -0.05) is 54.6 Å². The van der Waals surface area contributed by atoms with Gasteiger partial charge in [0, 0.05) is 12.1 Å². The van der Waals surface area contributed by atoms with E-state index in [4.69, 9.17) is 5.14 Å². The van der Waals surface area contributed by atoms with Crippen LogP contribution in [0, 0.1) is 0 Å². The molecule has 152 valence electrons. The number of amides is 1. The Kier molecular flexibility index (Phi) is 5.35. The van der Waals surface area contributed by atoms with E-state index in [0.717, 1.165) is 21.9 Å². The number of primary sulfonamides is 1. The van der Waals surface area contributed by atoms with Crippen LogP contribution >= 0.6 is 0 Å². The minimum absolute atomic E-state index is 0.0636. The highest BCUT2D eigenvalue weighted by Crippen LogP contribution is 2.27. The average Bonchev–Trinajstić information content (AvgIpc) is 3.23. The Balaban J connectivity index is 1.41. The lowest BCUT2D eigenvalue weighted by molar-refractivity contribution is 0.0949. The van der Waals surface area contributed by atoms with Gasteiger partial charge in [0.25, 0.3) is 5.91 Å². The molecular weight excluding hydrogens is 400 g/mol. The first-order chi connectivity index (χ1) is 14.4. The number of nitrogens with zero attached hydrogens (tertiary/aromatic N) is 1. The van der Waals surface area contributed by atoms with Crippen LogP contribution in [-0.2, 0) is 16.4 Å². The van der Waals surface area contributed by atoms with Gasteiger partial charge in [0.2, 0.25) is 10.0 Å². The number of fused-ring (bicyclic) bond motifs is 1. The van der Waals surface area contributed by atoms with Crippen molar-refractivity contribution in [2.24, 2.45) is 5.14 Å². The van der Waals surface area contributed by atoms with Crippen LogP contribution in [0.2, 0.25) is 0 Å². The van der Waals surface area contributed by atoms with E-state index in [2.05, 4.69) is 15.5 Å². The molecule has 0 aliphatic rings. The standard InChI is InChI=1S/C22H20N4O3S/c23-30(28,29)17-10-8-15(9-11-17)12-13-24-22(27)21-14-20(25-26-21)19-7-3-5-16-4-1-2-6-18(16)19/h1-11,14H,12-13H2,(H,24,27)(H,25,26)(H2,23,28,29). The minimum Gasteiger partial charge on any atom is -0.350 e. The quantitative estimate of drug-likeness (QED) is 0.444. The molecule has 0 aliphatic heterocycles. The second kappa shape index (κ2) is 8.10. The fourth-order valence-corrected chi connectivity index (χ4v) is 3.80. The summed E-state index contributed by atoms with van der Waals surface area (Å²) in [5.74, 6) is -0.254. The van der Waals surface area contributed by atoms with Crippen molar-refractivity contribution in [3.05, 3.63) is 84.1 Å². The zero-order chi connectivity index (χ0) is 21.1. The summed E-state index contributed by atoms with van der Waals surface area (Å²) >= 11 is 0. The molecule has 4 N–H and O–H groups in total. The number of hydrogen-bond acceptors (Lipinski definition) is 4. The van der Waals surface area contributed by atoms with Crippen LogP contribution in [0.4, 0.5) is 0 Å². The van der Waals surface area contributed by atoms with Crippen molar-refractivity contribution in [2.45, 2.75) is 11.3 Å². The number of hydrogen-bond donors (Lipinski definition) is 3. The van der Waals surface area contributed by atoms with Crippen molar-refractivity contribution < 1.29 is 13.2 Å². The maximum Gasteiger partial charge on any atom is 0.269 e. The number of benzene rings is 3. The molecule has 8 heteroatoms. The fraction of sp³-hybridized carbons (Fsp3) is 0.0909. The molecule has 0 aliphatic carbocycles. The smallest absolute Gasteiger partial charge is 0.269 e. The predicted octanol–water partition coefficient (Wildman–Crippen LogP) is 2.85. The van der Waals surface area contributed by atoms with Gasteiger partial charge in [-0.15, -0.1) is 0 Å². The average molecular weight is 420 g/mol. The summed E-state index contributed by atoms with van der Waals surface area (Å²) < 4.78 is 22.6. The normalized spacial score (nSPS) is 11.5. The van der Waals surface area contributed by atoms with Crippen LogP contribution in [-0.4, -0.2) is 31.1 Å². The number of rotatable bonds is 6. The summed E-state index contributed by atoms with van der Waals surface area (Å²) in [5.41, 5.74) is 2.93. The number of H-pyrrole nitrogens is 1. The number of nitrogens with one attached hydrogen (secondary N) is 2. The molecule has 0 saturated heterocycles. The Labute approximate surface area is 174 Å². The molecule has 7 nitrogen and oxygen atoms in total. The largest absolute Gasteiger partial charge is 0.350 e. The third kappa shape index (κ3) is 4.24. The van der Waals surface area contributed by atoms with Crippen molar-refractivity contribution in [1.29, 1.82) is 0 Å². The van der Waals surface area contributed by atoms with Crippen molar-refractivity contribution in [3.63, 3.8) is 0 Å². The van der Waals surface area contributed by atoms with E-state index in [1.165, 1.54) is 12.1 Å². The zero-order valence-electron chi connectivity index (χ0n) is 16.0. The lowest BCUT2D eigenvalue weighted by Gasteiger charge is -2.05. The van der Waals surface area contributed by atoms with Crippen LogP contribution < -0.4 is 10.5 Å². The monoisotopic (exact) mass is 420 g/mol. The number of aromatic nitrogens is 2. The van der Waals surface area contributed by atoms with Crippen molar-refractivity contribution >= 4 is 26.7 Å². The summed E-state index contributed by atoms with van der Waals surface area (Å²) in [6.45, 7) is 0.399. The van der Waals surface area contributed by atoms with Crippen molar-refractivity contribution in [3.8, 4) is 11.3 Å². The van der Waals surface area contributed by atoms with E-state index in [1.54, 1.807) is 18.2 Å². The third-order valence-electron chi connectivity index (χ3n) is 4.84. The summed E-state index contributed by atoms with van der Waals surface area (Å²) in [6, 6.07) is 22.0. The van der Waals surface area contributed by atoms with Gasteiger partial charge in [-0.3, -0.25) is 9.89 Å². The lowest BCUT2D eigenvalue weighted by atomic mass is 10.0. The molecule has 1 aromatic heterocycles. The summed E-state index contributed by atoms with van der Waals surface area (Å²) in [5, 5.41) is 17.2. The van der Waals surface area contributed by atoms with E-state index >= 15 is 0 Å². The molecule has 0 bridgehead atoms. The Morgan fingerprint density at radius 1 is 1.00 bits per heavy atom. The van der Waals surface area contributed by atoms with E-state index in [9.17, 15) is 13.2 Å². The summed E-state index contributed by atoms with van der Waals surface area (Å²) in [7, 11) is -3.70. The van der Waals surface area contributed by atoms with Gasteiger partial charge < -0.3 is 5.32 Å². The van der Waals surface area contributed by atoms with Crippen LogP contribution in [0.3, 0.4) is 0 Å². The zero-order valence-corrected chi connectivity index (χ0v) is 16.8. The van der Waals surface area contributed by atoms with E-state index in [-0.39, 0.29) is 10.8 Å². The van der Waals surface area contributed by atoms with Crippen molar-refractivity contribution in [2.75, 3.05) is 6.54 Å². The maximum atomic E-state index is 12.5. The molecule has 0 spiro atoms. The first-order valence-corrected chi connectivity index (χ1v) is 10.9. The highest BCUT2D eigenvalue weighted by atomic mass is 32.2. The van der Waals surface area contributed by atoms with Gasteiger partial charge in [-0.2, -0.15) is 5.10 Å². The van der Waals surface area contributed by atoms with Gasteiger partial charge in [0.05, 0.1) is 10.6 Å². The Hall–Kier alpha value is -3.49. The molecule has 0 fully saturated rings. The highest BCUT2D eigenvalue weighted by Gasteiger charge is 2.13. The summed E-state index contributed by atoms with van der Waals surface area (Å²) in [6.07, 6.45) is 0.557. The highest BCUT2D eigenvalue weighted by molar-refractivity contribution is 7.89. The maximum absolute atomic E-state index is 12.5. The molecular formula is C22H20N4O3S. The lowest BCUT2D eigenvalue weighted by Crippen LogP contribution is -2.26. The van der Waals surface area contributed by atoms with Gasteiger partial charge in [0.1, 0.15) is 5.69 Å². The van der Waals surface area contributed by atoms with Crippen molar-refractivity contribution in [1.82, 2.24) is 15.5 Å². The molecule has 1 amide bonds. The number of carbonyl (C=O) groups excluding carboxylic acids is 1. The molecule has 1 heterocycles. The first kappa shape index (κ1) is 19.8. The van der Waals surface area contributed by atoms with Crippen LogP contribution in [0.25, 0.3) is 22.0 Å². The van der Waals surface area contributed by atoms with Gasteiger partial charge in [0.15, 0.2) is 0 Å². The first-order valence-electron chi connectivity index (χ1n) is 9.35. The number of carbonyl (C=O) groups is 1. The Bertz CT molecular complexity index is 1310. The Morgan fingerprint density at radius 3 is 2.50 bits per heavy atom. The molecule has 0 atom stereocenters. The van der Waals surface area contributed by atoms with E-state index in [1.807, 2.05) is 42.5 Å². The third-order valence-corrected chi connectivity index (χ3v) is 5.77. The Morgan fingerprint density at radius 2 is 1.73 bits per heavy atom. The molecule has 3 aromatic carbocycles. The second-order valence-electron chi connectivity index (χ2n) is 6.89. The van der Waals surface area contributed by atoms with Crippen LogP contribution in [0.1, 0.15) is 16.1 Å². The van der Waals surface area contributed by atoms with Gasteiger partial charge in [-0.25, -0.2) is 13.6 Å². The summed E-state index contributed by atoms with van der Waals surface area (Å²) in [4.78, 5) is 12.5. The molecule has 4 rings (SSSR count). The molecule has 0 radical (unpaired) electrons. The SMILES string of the molecule is NS(=O)(=O)c1ccc(CCNC(=O)c2cc(-c3cccc4ccccc34)n[nH]2)cc1. The number of nitrogens with two attached hydrogens (primary N) is 1. The van der Waals surface area contributed by atoms with Crippen LogP contribution in [0.15, 0.2) is 77.7 Å². The number of sulfonamides is 1. The number of aromatic amines is 1.